The lowest BCUT2D eigenvalue weighted by atomic mass is 10.1. The van der Waals surface area contributed by atoms with Crippen molar-refractivity contribution in [2.24, 2.45) is 0 Å². The van der Waals surface area contributed by atoms with E-state index in [9.17, 15) is 19.5 Å². The fourth-order valence-electron chi connectivity index (χ4n) is 3.11. The van der Waals surface area contributed by atoms with Crippen LogP contribution in [0.25, 0.3) is 0 Å². The smallest absolute Gasteiger partial charge is 0.330 e. The van der Waals surface area contributed by atoms with E-state index in [0.717, 1.165) is 25.7 Å². The number of nitrogens with zero attached hydrogens (tertiary/aromatic N) is 1. The molecule has 2 rings (SSSR count). The lowest BCUT2D eigenvalue weighted by Crippen LogP contribution is -2.35. The maximum absolute atomic E-state index is 12.1. The van der Waals surface area contributed by atoms with E-state index in [4.69, 9.17) is 21.4 Å². The molecule has 4 N–H and O–H groups in total. The Hall–Kier alpha value is -1.68. The molecule has 1 aliphatic rings. The van der Waals surface area contributed by atoms with Crippen molar-refractivity contribution in [1.29, 1.82) is 0 Å². The molecule has 0 spiro atoms. The van der Waals surface area contributed by atoms with Gasteiger partial charge in [-0.1, -0.05) is 12.8 Å². The van der Waals surface area contributed by atoms with Crippen LogP contribution in [0.2, 0.25) is 0 Å². The number of carbonyl (C=O) groups excluding carboxylic acids is 1. The molecule has 1 saturated heterocycles. The molecule has 9 nitrogen and oxygen atoms in total. The molecular weight excluding hydrogens is 390 g/mol. The lowest BCUT2D eigenvalue weighted by Gasteiger charge is -2.15. The van der Waals surface area contributed by atoms with Gasteiger partial charge in [-0.05, 0) is 19.3 Å². The highest BCUT2D eigenvalue weighted by Crippen LogP contribution is 2.27. The zero-order chi connectivity index (χ0) is 20.5. The Kier molecular flexibility index (Phi) is 9.17. The second-order valence-corrected chi connectivity index (χ2v) is 7.27. The van der Waals surface area contributed by atoms with Crippen LogP contribution in [0, 0.1) is 0 Å². The summed E-state index contributed by atoms with van der Waals surface area (Å²) in [7, 11) is 0. The van der Waals surface area contributed by atoms with Crippen LogP contribution in [0.4, 0.5) is 0 Å². The minimum Gasteiger partial charge on any atom is -0.394 e. The van der Waals surface area contributed by atoms with Crippen LogP contribution in [-0.4, -0.2) is 56.9 Å². The summed E-state index contributed by atoms with van der Waals surface area (Å²) in [6.07, 6.45) is 3.20. The van der Waals surface area contributed by atoms with E-state index >= 15 is 0 Å². The van der Waals surface area contributed by atoms with Crippen LogP contribution in [0.15, 0.2) is 15.8 Å². The van der Waals surface area contributed by atoms with Crippen molar-refractivity contribution >= 4 is 17.5 Å². The number of H-pyrrole nitrogens is 1. The van der Waals surface area contributed by atoms with E-state index in [2.05, 4.69) is 10.3 Å². The summed E-state index contributed by atoms with van der Waals surface area (Å²) in [5.74, 6) is 0.483. The number of carbonyl (C=O) groups is 1. The fourth-order valence-corrected chi connectivity index (χ4v) is 3.30. The molecule has 28 heavy (non-hydrogen) atoms. The Morgan fingerprint density at radius 3 is 2.75 bits per heavy atom. The maximum Gasteiger partial charge on any atom is 0.330 e. The summed E-state index contributed by atoms with van der Waals surface area (Å²) < 4.78 is 6.64. The summed E-state index contributed by atoms with van der Waals surface area (Å²) in [5.41, 5.74) is -0.930. The zero-order valence-corrected chi connectivity index (χ0v) is 16.5. The molecule has 1 amide bonds. The number of ether oxygens (including phenoxy) is 1. The summed E-state index contributed by atoms with van der Waals surface area (Å²) in [5, 5.41) is 21.8. The second kappa shape index (κ2) is 11.4. The number of alkyl halides is 1. The zero-order valence-electron chi connectivity index (χ0n) is 15.7. The van der Waals surface area contributed by atoms with Crippen LogP contribution in [0.5, 0.6) is 0 Å². The predicted molar refractivity (Wildman–Crippen MR) is 103 cm³/mol. The minimum absolute atomic E-state index is 0.121. The second-order valence-electron chi connectivity index (χ2n) is 6.89. The van der Waals surface area contributed by atoms with E-state index < -0.39 is 29.7 Å². The molecule has 0 saturated carbocycles. The first-order valence-corrected chi connectivity index (χ1v) is 10.1. The van der Waals surface area contributed by atoms with Gasteiger partial charge in [0.1, 0.15) is 12.3 Å². The molecule has 2 heterocycles. The van der Waals surface area contributed by atoms with Gasteiger partial charge in [0.25, 0.3) is 5.56 Å². The number of halogens is 1. The van der Waals surface area contributed by atoms with Crippen molar-refractivity contribution in [3.63, 3.8) is 0 Å². The first-order valence-electron chi connectivity index (χ1n) is 9.57. The number of aromatic amines is 1. The number of rotatable bonds is 11. The summed E-state index contributed by atoms with van der Waals surface area (Å²) in [6.45, 7) is 0.210. The molecular formula is C18H28ClN3O6. The standard InChI is InChI=1S/C18H28ClN3O6/c19-7-3-1-2-4-8-20-15(25)6-5-12-10-22(18(27)21-17(12)26)16-9-13(24)14(11-23)28-16/h10,13-14,16,23-24H,1-9,11H2,(H,20,25)(H,21,26,27)/t13-,14+,16+/m0/s1. The van der Waals surface area contributed by atoms with Gasteiger partial charge in [-0.3, -0.25) is 19.1 Å². The third kappa shape index (κ3) is 6.44. The van der Waals surface area contributed by atoms with Gasteiger partial charge in [0.2, 0.25) is 5.91 Å². The van der Waals surface area contributed by atoms with Gasteiger partial charge in [0, 0.05) is 37.0 Å². The number of unbranched alkanes of at least 4 members (excludes halogenated alkanes) is 3. The van der Waals surface area contributed by atoms with Crippen LogP contribution in [0.3, 0.4) is 0 Å². The highest BCUT2D eigenvalue weighted by molar-refractivity contribution is 6.17. The number of aromatic nitrogens is 2. The summed E-state index contributed by atoms with van der Waals surface area (Å²) in [4.78, 5) is 38.3. The Morgan fingerprint density at radius 2 is 2.07 bits per heavy atom. The molecule has 1 aromatic rings. The molecule has 1 fully saturated rings. The van der Waals surface area contributed by atoms with Gasteiger partial charge >= 0.3 is 5.69 Å². The van der Waals surface area contributed by atoms with Crippen LogP contribution in [-0.2, 0) is 16.0 Å². The van der Waals surface area contributed by atoms with Crippen LogP contribution in [0.1, 0.15) is 50.3 Å². The van der Waals surface area contributed by atoms with Crippen molar-refractivity contribution < 1.29 is 19.7 Å². The van der Waals surface area contributed by atoms with Gasteiger partial charge in [0.15, 0.2) is 0 Å². The van der Waals surface area contributed by atoms with E-state index in [-0.39, 0.29) is 37.3 Å². The van der Waals surface area contributed by atoms with Gasteiger partial charge < -0.3 is 20.3 Å². The number of hydrogen-bond donors (Lipinski definition) is 4. The SMILES string of the molecule is O=C(CCc1cn([C@H]2C[C@H](O)[C@@H](CO)O2)c(=O)[nH]c1=O)NCCCCCCCl. The average molecular weight is 418 g/mol. The average Bonchev–Trinajstić information content (AvgIpc) is 3.04. The monoisotopic (exact) mass is 417 g/mol. The van der Waals surface area contributed by atoms with Crippen molar-refractivity contribution in [2.45, 2.75) is 63.4 Å². The quantitative estimate of drug-likeness (QED) is 0.296. The number of nitrogens with one attached hydrogen (secondary N) is 2. The molecule has 1 aliphatic heterocycles. The third-order valence-corrected chi connectivity index (χ3v) is 5.01. The largest absolute Gasteiger partial charge is 0.394 e. The van der Waals surface area contributed by atoms with Crippen LogP contribution < -0.4 is 16.6 Å². The van der Waals surface area contributed by atoms with Crippen LogP contribution >= 0.6 is 11.6 Å². The number of amides is 1. The first-order chi connectivity index (χ1) is 13.5. The molecule has 0 aromatic carbocycles. The molecule has 0 unspecified atom stereocenters. The molecule has 3 atom stereocenters. The topological polar surface area (TPSA) is 134 Å². The predicted octanol–water partition coefficient (Wildman–Crippen LogP) is 0.0253. The number of aliphatic hydroxyl groups excluding tert-OH is 2. The Labute approximate surface area is 167 Å². The van der Waals surface area contributed by atoms with E-state index in [0.29, 0.717) is 12.4 Å². The normalized spacial score (nSPS) is 21.8. The first kappa shape index (κ1) is 22.6. The molecule has 0 radical (unpaired) electrons. The van der Waals surface area contributed by atoms with Crippen molar-refractivity contribution in [1.82, 2.24) is 14.9 Å². The van der Waals surface area contributed by atoms with Crippen molar-refractivity contribution in [3.05, 3.63) is 32.6 Å². The Morgan fingerprint density at radius 1 is 1.32 bits per heavy atom. The molecule has 1 aromatic heterocycles. The van der Waals surface area contributed by atoms with Crippen molar-refractivity contribution in [3.8, 4) is 0 Å². The van der Waals surface area contributed by atoms with Gasteiger partial charge in [-0.25, -0.2) is 4.79 Å². The van der Waals surface area contributed by atoms with E-state index in [1.54, 1.807) is 0 Å². The molecule has 0 aliphatic carbocycles. The number of aliphatic hydroxyl groups is 2. The molecule has 10 heteroatoms. The highest BCUT2D eigenvalue weighted by Gasteiger charge is 2.35. The fraction of sp³-hybridized carbons (Fsp3) is 0.722. The van der Waals surface area contributed by atoms with Gasteiger partial charge in [0.05, 0.1) is 12.7 Å². The van der Waals surface area contributed by atoms with Crippen molar-refractivity contribution in [2.75, 3.05) is 19.0 Å². The van der Waals surface area contributed by atoms with Gasteiger partial charge in [-0.2, -0.15) is 0 Å². The Bertz CT molecular complexity index is 750. The minimum atomic E-state index is -0.896. The third-order valence-electron chi connectivity index (χ3n) is 4.74. The molecule has 158 valence electrons. The van der Waals surface area contributed by atoms with E-state index in [1.165, 1.54) is 10.8 Å². The lowest BCUT2D eigenvalue weighted by molar-refractivity contribution is -0.121. The Balaban J connectivity index is 1.89. The maximum atomic E-state index is 12.1. The summed E-state index contributed by atoms with van der Waals surface area (Å²) in [6, 6.07) is 0. The molecule has 0 bridgehead atoms. The van der Waals surface area contributed by atoms with Gasteiger partial charge in [-0.15, -0.1) is 11.6 Å². The highest BCUT2D eigenvalue weighted by atomic mass is 35.5. The summed E-state index contributed by atoms with van der Waals surface area (Å²) >= 11 is 5.61. The van der Waals surface area contributed by atoms with E-state index in [1.807, 2.05) is 0 Å². The number of aryl methyl sites for hydroxylation is 1. The number of hydrogen-bond acceptors (Lipinski definition) is 6.